The Bertz CT molecular complexity index is 971. The van der Waals surface area contributed by atoms with E-state index in [0.29, 0.717) is 24.5 Å². The zero-order valence-electron chi connectivity index (χ0n) is 21.1. The van der Waals surface area contributed by atoms with Crippen LogP contribution in [0.25, 0.3) is 0 Å². The van der Waals surface area contributed by atoms with E-state index in [-0.39, 0.29) is 30.4 Å². The standard InChI is InChI=1S/C27H37BrN2O4/c1-7-14-29-26(32)23(8-2)30(17-19-10-9-11-21(15-19)33-6)25(31)18-34-24-13-12-20(16-22(24)28)27(3,4)5/h9-13,15-16,23H,7-8,14,17-18H2,1-6H3,(H,29,32)/t23-/m1/s1. The maximum atomic E-state index is 13.4. The monoisotopic (exact) mass is 532 g/mol. The summed E-state index contributed by atoms with van der Waals surface area (Å²) >= 11 is 3.56. The SMILES string of the molecule is CCCNC(=O)[C@@H](CC)N(Cc1cccc(OC)c1)C(=O)COc1ccc(C(C)(C)C)cc1Br. The third-order valence-corrected chi connectivity index (χ3v) is 6.19. The Kier molecular flexibility index (Phi) is 10.4. The maximum Gasteiger partial charge on any atom is 0.261 e. The molecule has 6 nitrogen and oxygen atoms in total. The number of nitrogens with one attached hydrogen (secondary N) is 1. The summed E-state index contributed by atoms with van der Waals surface area (Å²) in [5.41, 5.74) is 2.05. The van der Waals surface area contributed by atoms with Crippen LogP contribution in [-0.2, 0) is 21.5 Å². The molecule has 0 radical (unpaired) electrons. The van der Waals surface area contributed by atoms with Crippen LogP contribution in [0.4, 0.5) is 0 Å². The molecule has 2 rings (SSSR count). The van der Waals surface area contributed by atoms with E-state index in [4.69, 9.17) is 9.47 Å². The lowest BCUT2D eigenvalue weighted by atomic mass is 9.87. The third kappa shape index (κ3) is 7.76. The van der Waals surface area contributed by atoms with Crippen molar-refractivity contribution in [3.63, 3.8) is 0 Å². The van der Waals surface area contributed by atoms with Crippen molar-refractivity contribution in [1.82, 2.24) is 10.2 Å². The maximum absolute atomic E-state index is 13.4. The highest BCUT2D eigenvalue weighted by molar-refractivity contribution is 9.10. The first-order valence-corrected chi connectivity index (χ1v) is 12.5. The fraction of sp³-hybridized carbons (Fsp3) is 0.481. The van der Waals surface area contributed by atoms with E-state index >= 15 is 0 Å². The van der Waals surface area contributed by atoms with Crippen molar-refractivity contribution in [1.29, 1.82) is 0 Å². The number of ether oxygens (including phenoxy) is 2. The number of benzene rings is 2. The van der Waals surface area contributed by atoms with Crippen LogP contribution in [0.1, 0.15) is 58.6 Å². The Morgan fingerprint density at radius 3 is 2.44 bits per heavy atom. The fourth-order valence-electron chi connectivity index (χ4n) is 3.56. The van der Waals surface area contributed by atoms with Crippen molar-refractivity contribution in [2.75, 3.05) is 20.3 Å². The molecule has 1 atom stereocenters. The Morgan fingerprint density at radius 2 is 1.85 bits per heavy atom. The van der Waals surface area contributed by atoms with E-state index in [1.165, 1.54) is 0 Å². The van der Waals surface area contributed by atoms with Crippen molar-refractivity contribution >= 4 is 27.7 Å². The molecule has 0 saturated carbocycles. The molecule has 0 aliphatic heterocycles. The van der Waals surface area contributed by atoms with Crippen molar-refractivity contribution in [3.8, 4) is 11.5 Å². The third-order valence-electron chi connectivity index (χ3n) is 5.57. The van der Waals surface area contributed by atoms with E-state index < -0.39 is 6.04 Å². The van der Waals surface area contributed by atoms with Crippen LogP contribution in [0.2, 0.25) is 0 Å². The van der Waals surface area contributed by atoms with Gasteiger partial charge in [0.1, 0.15) is 17.5 Å². The molecule has 0 spiro atoms. The number of halogens is 1. The predicted octanol–water partition coefficient (Wildman–Crippen LogP) is 5.47. The summed E-state index contributed by atoms with van der Waals surface area (Å²) in [6.45, 7) is 11.0. The number of carbonyl (C=O) groups is 2. The number of rotatable bonds is 11. The van der Waals surface area contributed by atoms with Gasteiger partial charge in [0.2, 0.25) is 5.91 Å². The van der Waals surface area contributed by atoms with Crippen LogP contribution in [0, 0.1) is 0 Å². The van der Waals surface area contributed by atoms with Crippen LogP contribution in [0.3, 0.4) is 0 Å². The van der Waals surface area contributed by atoms with Gasteiger partial charge in [-0.15, -0.1) is 0 Å². The van der Waals surface area contributed by atoms with Gasteiger partial charge < -0.3 is 19.7 Å². The number of nitrogens with zero attached hydrogens (tertiary/aromatic N) is 1. The number of carbonyl (C=O) groups excluding carboxylic acids is 2. The lowest BCUT2D eigenvalue weighted by molar-refractivity contribution is -0.143. The Morgan fingerprint density at radius 1 is 1.12 bits per heavy atom. The molecule has 1 N–H and O–H groups in total. The molecule has 186 valence electrons. The number of hydrogen-bond donors (Lipinski definition) is 1. The molecule has 0 aliphatic rings. The summed E-state index contributed by atoms with van der Waals surface area (Å²) in [5.74, 6) is 0.878. The summed E-state index contributed by atoms with van der Waals surface area (Å²) in [4.78, 5) is 27.8. The van der Waals surface area contributed by atoms with Gasteiger partial charge in [-0.2, -0.15) is 0 Å². The smallest absolute Gasteiger partial charge is 0.261 e. The van der Waals surface area contributed by atoms with E-state index in [1.54, 1.807) is 12.0 Å². The van der Waals surface area contributed by atoms with E-state index in [9.17, 15) is 9.59 Å². The minimum Gasteiger partial charge on any atom is -0.497 e. The molecule has 0 saturated heterocycles. The van der Waals surface area contributed by atoms with Gasteiger partial charge in [-0.3, -0.25) is 9.59 Å². The lowest BCUT2D eigenvalue weighted by Gasteiger charge is -2.30. The molecule has 0 aliphatic carbocycles. The number of amides is 2. The highest BCUT2D eigenvalue weighted by Gasteiger charge is 2.29. The average molecular weight is 534 g/mol. The van der Waals surface area contributed by atoms with Gasteiger partial charge in [0.15, 0.2) is 6.61 Å². The second-order valence-corrected chi connectivity index (χ2v) is 10.1. The van der Waals surface area contributed by atoms with E-state index in [2.05, 4.69) is 42.0 Å². The molecule has 0 unspecified atom stereocenters. The number of methoxy groups -OCH3 is 1. The normalized spacial score (nSPS) is 12.1. The summed E-state index contributed by atoms with van der Waals surface area (Å²) in [6, 6.07) is 12.8. The van der Waals surface area contributed by atoms with Gasteiger partial charge in [-0.25, -0.2) is 0 Å². The molecule has 34 heavy (non-hydrogen) atoms. The molecular weight excluding hydrogens is 496 g/mol. The van der Waals surface area contributed by atoms with Crippen molar-refractivity contribution in [2.24, 2.45) is 0 Å². The molecule has 0 heterocycles. The molecular formula is C27H37BrN2O4. The summed E-state index contributed by atoms with van der Waals surface area (Å²) in [7, 11) is 1.60. The highest BCUT2D eigenvalue weighted by Crippen LogP contribution is 2.31. The summed E-state index contributed by atoms with van der Waals surface area (Å²) in [6.07, 6.45) is 1.32. The van der Waals surface area contributed by atoms with Crippen molar-refractivity contribution < 1.29 is 19.1 Å². The van der Waals surface area contributed by atoms with Gasteiger partial charge in [0, 0.05) is 13.1 Å². The first-order chi connectivity index (χ1) is 16.1. The molecule has 2 amide bonds. The van der Waals surface area contributed by atoms with Crippen LogP contribution in [0.15, 0.2) is 46.9 Å². The Labute approximate surface area is 212 Å². The molecule has 0 aromatic heterocycles. The minimum atomic E-state index is -0.597. The molecule has 7 heteroatoms. The quantitative estimate of drug-likeness (QED) is 0.416. The van der Waals surface area contributed by atoms with Crippen LogP contribution >= 0.6 is 15.9 Å². The summed E-state index contributed by atoms with van der Waals surface area (Å²) in [5, 5.41) is 2.92. The molecule has 2 aromatic carbocycles. The van der Waals surface area contributed by atoms with E-state index in [0.717, 1.165) is 22.0 Å². The largest absolute Gasteiger partial charge is 0.497 e. The first kappa shape index (κ1) is 27.7. The second kappa shape index (κ2) is 12.8. The van der Waals surface area contributed by atoms with Crippen LogP contribution < -0.4 is 14.8 Å². The van der Waals surface area contributed by atoms with Crippen molar-refractivity contribution in [2.45, 2.75) is 65.5 Å². The minimum absolute atomic E-state index is 0.00457. The zero-order chi connectivity index (χ0) is 25.3. The molecule has 2 aromatic rings. The Hall–Kier alpha value is -2.54. The molecule has 0 fully saturated rings. The molecule has 0 bridgehead atoms. The average Bonchev–Trinajstić information content (AvgIpc) is 2.81. The zero-order valence-corrected chi connectivity index (χ0v) is 22.7. The van der Waals surface area contributed by atoms with Gasteiger partial charge in [-0.05, 0) is 69.6 Å². The lowest BCUT2D eigenvalue weighted by Crippen LogP contribution is -2.50. The van der Waals surface area contributed by atoms with Crippen LogP contribution in [-0.4, -0.2) is 43.0 Å². The Balaban J connectivity index is 2.24. The fourth-order valence-corrected chi connectivity index (χ4v) is 4.05. The van der Waals surface area contributed by atoms with Crippen LogP contribution in [0.5, 0.6) is 11.5 Å². The van der Waals surface area contributed by atoms with Gasteiger partial charge in [0.05, 0.1) is 11.6 Å². The van der Waals surface area contributed by atoms with Gasteiger partial charge >= 0.3 is 0 Å². The van der Waals surface area contributed by atoms with Gasteiger partial charge in [0.25, 0.3) is 5.91 Å². The number of hydrogen-bond acceptors (Lipinski definition) is 4. The predicted molar refractivity (Wildman–Crippen MR) is 139 cm³/mol. The second-order valence-electron chi connectivity index (χ2n) is 9.27. The van der Waals surface area contributed by atoms with Crippen molar-refractivity contribution in [3.05, 3.63) is 58.1 Å². The van der Waals surface area contributed by atoms with Gasteiger partial charge in [-0.1, -0.05) is 52.8 Å². The first-order valence-electron chi connectivity index (χ1n) is 11.7. The summed E-state index contributed by atoms with van der Waals surface area (Å²) < 4.78 is 12.0. The topological polar surface area (TPSA) is 67.9 Å². The highest BCUT2D eigenvalue weighted by atomic mass is 79.9. The van der Waals surface area contributed by atoms with E-state index in [1.807, 2.05) is 56.3 Å².